The van der Waals surface area contributed by atoms with Gasteiger partial charge in [-0.25, -0.2) is 0 Å². The van der Waals surface area contributed by atoms with Crippen molar-refractivity contribution < 1.29 is 19.4 Å². The smallest absolute Gasteiger partial charge is 0.312 e. The molecule has 3 aliphatic rings. The minimum atomic E-state index is -0.440. The number of anilines is 1. The molecule has 2 saturated heterocycles. The second-order valence-corrected chi connectivity index (χ2v) is 7.84. The Morgan fingerprint density at radius 1 is 1.31 bits per heavy atom. The van der Waals surface area contributed by atoms with E-state index in [9.17, 15) is 14.7 Å². The fourth-order valence-electron chi connectivity index (χ4n) is 4.32. The Morgan fingerprint density at radius 2 is 2.12 bits per heavy atom. The van der Waals surface area contributed by atoms with Crippen molar-refractivity contribution in [2.24, 2.45) is 5.41 Å². The maximum Gasteiger partial charge on any atom is 0.312 e. The molecular formula is C20H26N2O4. The fraction of sp³-hybridized carbons (Fsp3) is 0.600. The first-order chi connectivity index (χ1) is 12.6. The largest absolute Gasteiger partial charge is 0.460 e. The number of amides is 1. The SMILES string of the molecule is O=C(c1ccccc1NC[C@@H]1CC2(CCC2)C(=O)O1)N1CCC[C@@H](O)C1. The van der Waals surface area contributed by atoms with Crippen LogP contribution >= 0.6 is 0 Å². The number of β-amino-alcohol motifs (C(OH)–C–C–N with tert-alkyl or cyclic N) is 1. The van der Waals surface area contributed by atoms with Gasteiger partial charge in [0.2, 0.25) is 0 Å². The topological polar surface area (TPSA) is 78.9 Å². The molecule has 1 saturated carbocycles. The zero-order valence-electron chi connectivity index (χ0n) is 14.9. The predicted molar refractivity (Wildman–Crippen MR) is 96.9 cm³/mol. The van der Waals surface area contributed by atoms with Gasteiger partial charge < -0.3 is 20.1 Å². The predicted octanol–water partition coefficient (Wildman–Crippen LogP) is 2.18. The molecule has 140 valence electrons. The molecule has 1 aliphatic carbocycles. The number of hydrogen-bond donors (Lipinski definition) is 2. The first kappa shape index (κ1) is 17.3. The second kappa shape index (κ2) is 6.91. The number of piperidine rings is 1. The summed E-state index contributed by atoms with van der Waals surface area (Å²) >= 11 is 0. The van der Waals surface area contributed by atoms with E-state index in [1.165, 1.54) is 0 Å². The van der Waals surface area contributed by atoms with Gasteiger partial charge in [-0.1, -0.05) is 18.6 Å². The Balaban J connectivity index is 1.41. The summed E-state index contributed by atoms with van der Waals surface area (Å²) in [4.78, 5) is 26.7. The Labute approximate surface area is 153 Å². The van der Waals surface area contributed by atoms with Gasteiger partial charge in [0.15, 0.2) is 0 Å². The number of aliphatic hydroxyl groups is 1. The van der Waals surface area contributed by atoms with Crippen molar-refractivity contribution >= 4 is 17.6 Å². The van der Waals surface area contributed by atoms with Crippen molar-refractivity contribution in [1.82, 2.24) is 4.90 Å². The highest BCUT2D eigenvalue weighted by molar-refractivity contribution is 5.99. The standard InChI is InChI=1S/C20H26N2O4/c23-14-5-3-10-22(13-14)18(24)16-6-1-2-7-17(16)21-12-15-11-20(8-4-9-20)19(25)26-15/h1-2,6-7,14-15,21,23H,3-5,8-13H2/t14-,15+/m1/s1. The van der Waals surface area contributed by atoms with Crippen molar-refractivity contribution in [2.75, 3.05) is 25.0 Å². The van der Waals surface area contributed by atoms with E-state index in [-0.39, 0.29) is 23.4 Å². The molecule has 3 fully saturated rings. The summed E-state index contributed by atoms with van der Waals surface area (Å²) in [7, 11) is 0. The van der Waals surface area contributed by atoms with E-state index >= 15 is 0 Å². The van der Waals surface area contributed by atoms with Crippen LogP contribution in [0.5, 0.6) is 0 Å². The summed E-state index contributed by atoms with van der Waals surface area (Å²) in [6.45, 7) is 1.57. The van der Waals surface area contributed by atoms with Crippen molar-refractivity contribution in [3.8, 4) is 0 Å². The minimum Gasteiger partial charge on any atom is -0.460 e. The highest BCUT2D eigenvalue weighted by Gasteiger charge is 2.52. The van der Waals surface area contributed by atoms with E-state index in [0.717, 1.165) is 44.2 Å². The number of ether oxygens (including phenoxy) is 1. The molecule has 26 heavy (non-hydrogen) atoms. The number of esters is 1. The van der Waals surface area contributed by atoms with Crippen LogP contribution in [0.1, 0.15) is 48.9 Å². The van der Waals surface area contributed by atoms with Crippen LogP contribution in [0.2, 0.25) is 0 Å². The molecular weight excluding hydrogens is 332 g/mol. The molecule has 1 amide bonds. The van der Waals surface area contributed by atoms with Gasteiger partial charge in [0.1, 0.15) is 6.10 Å². The van der Waals surface area contributed by atoms with E-state index < -0.39 is 6.10 Å². The lowest BCUT2D eigenvalue weighted by atomic mass is 9.67. The quantitative estimate of drug-likeness (QED) is 0.807. The lowest BCUT2D eigenvalue weighted by Crippen LogP contribution is -2.42. The summed E-state index contributed by atoms with van der Waals surface area (Å²) in [5, 5.41) is 13.1. The Bertz CT molecular complexity index is 701. The zero-order chi connectivity index (χ0) is 18.1. The van der Waals surface area contributed by atoms with Gasteiger partial charge in [0, 0.05) is 25.2 Å². The maximum absolute atomic E-state index is 12.9. The number of likely N-dealkylation sites (tertiary alicyclic amines) is 1. The number of nitrogens with zero attached hydrogens (tertiary/aromatic N) is 1. The number of carbonyl (C=O) groups excluding carboxylic acids is 2. The second-order valence-electron chi connectivity index (χ2n) is 7.84. The summed E-state index contributed by atoms with van der Waals surface area (Å²) in [5.74, 6) is -0.118. The van der Waals surface area contributed by atoms with Crippen LogP contribution in [0.15, 0.2) is 24.3 Å². The summed E-state index contributed by atoms with van der Waals surface area (Å²) in [6.07, 6.45) is 4.75. The molecule has 0 radical (unpaired) electrons. The van der Waals surface area contributed by atoms with Crippen LogP contribution in [0.25, 0.3) is 0 Å². The number of nitrogens with one attached hydrogen (secondary N) is 1. The number of hydrogen-bond acceptors (Lipinski definition) is 5. The minimum absolute atomic E-state index is 0.0535. The van der Waals surface area contributed by atoms with Crippen LogP contribution in [0.3, 0.4) is 0 Å². The maximum atomic E-state index is 12.9. The fourth-order valence-corrected chi connectivity index (χ4v) is 4.32. The Kier molecular flexibility index (Phi) is 4.61. The molecule has 1 spiro atoms. The van der Waals surface area contributed by atoms with E-state index in [1.807, 2.05) is 18.2 Å². The molecule has 2 aliphatic heterocycles. The number of carbonyl (C=O) groups is 2. The van der Waals surface area contributed by atoms with E-state index in [4.69, 9.17) is 4.74 Å². The zero-order valence-corrected chi connectivity index (χ0v) is 14.9. The number of para-hydroxylation sites is 1. The summed E-state index contributed by atoms with van der Waals surface area (Å²) in [6, 6.07) is 7.42. The van der Waals surface area contributed by atoms with Crippen molar-refractivity contribution in [1.29, 1.82) is 0 Å². The number of benzene rings is 1. The summed E-state index contributed by atoms with van der Waals surface area (Å²) < 4.78 is 5.54. The first-order valence-electron chi connectivity index (χ1n) is 9.59. The third-order valence-electron chi connectivity index (χ3n) is 6.00. The number of rotatable bonds is 4. The van der Waals surface area contributed by atoms with Gasteiger partial charge in [0.25, 0.3) is 5.91 Å². The average molecular weight is 358 g/mol. The number of cyclic esters (lactones) is 1. The van der Waals surface area contributed by atoms with Gasteiger partial charge in [-0.3, -0.25) is 9.59 Å². The van der Waals surface area contributed by atoms with Crippen molar-refractivity contribution in [3.05, 3.63) is 29.8 Å². The first-order valence-corrected chi connectivity index (χ1v) is 9.59. The van der Waals surface area contributed by atoms with Gasteiger partial charge in [-0.15, -0.1) is 0 Å². The van der Waals surface area contributed by atoms with E-state index in [0.29, 0.717) is 25.2 Å². The van der Waals surface area contributed by atoms with E-state index in [1.54, 1.807) is 11.0 Å². The highest BCUT2D eigenvalue weighted by Crippen LogP contribution is 2.50. The Morgan fingerprint density at radius 3 is 2.81 bits per heavy atom. The molecule has 1 aromatic rings. The lowest BCUT2D eigenvalue weighted by molar-refractivity contribution is -0.152. The third-order valence-corrected chi connectivity index (χ3v) is 6.00. The van der Waals surface area contributed by atoms with Crippen LogP contribution in [0.4, 0.5) is 5.69 Å². The molecule has 4 rings (SSSR count). The molecule has 6 heteroatoms. The van der Waals surface area contributed by atoms with Gasteiger partial charge in [0.05, 0.1) is 23.6 Å². The molecule has 2 N–H and O–H groups in total. The van der Waals surface area contributed by atoms with E-state index in [2.05, 4.69) is 5.32 Å². The molecule has 1 aromatic carbocycles. The molecule has 0 aromatic heterocycles. The molecule has 2 heterocycles. The normalized spacial score (nSPS) is 27.1. The monoisotopic (exact) mass is 358 g/mol. The van der Waals surface area contributed by atoms with Gasteiger partial charge in [-0.05, 0) is 37.8 Å². The van der Waals surface area contributed by atoms with Gasteiger partial charge >= 0.3 is 5.97 Å². The van der Waals surface area contributed by atoms with Crippen LogP contribution < -0.4 is 5.32 Å². The van der Waals surface area contributed by atoms with Crippen LogP contribution in [-0.2, 0) is 9.53 Å². The van der Waals surface area contributed by atoms with Gasteiger partial charge in [-0.2, -0.15) is 0 Å². The molecule has 0 unspecified atom stereocenters. The third kappa shape index (κ3) is 3.18. The molecule has 2 atom stereocenters. The van der Waals surface area contributed by atoms with Crippen LogP contribution in [0, 0.1) is 5.41 Å². The van der Waals surface area contributed by atoms with Crippen molar-refractivity contribution in [3.63, 3.8) is 0 Å². The highest BCUT2D eigenvalue weighted by atomic mass is 16.6. The lowest BCUT2D eigenvalue weighted by Gasteiger charge is -2.33. The molecule has 6 nitrogen and oxygen atoms in total. The number of aliphatic hydroxyl groups excluding tert-OH is 1. The Hall–Kier alpha value is -2.08. The molecule has 0 bridgehead atoms. The average Bonchev–Trinajstić information content (AvgIpc) is 2.96. The summed E-state index contributed by atoms with van der Waals surface area (Å²) in [5.41, 5.74) is 1.12. The van der Waals surface area contributed by atoms with Crippen molar-refractivity contribution in [2.45, 2.75) is 50.7 Å². The van der Waals surface area contributed by atoms with Crippen LogP contribution in [-0.4, -0.2) is 53.7 Å².